The smallest absolute Gasteiger partial charge is 0.251 e. The van der Waals surface area contributed by atoms with E-state index in [-0.39, 0.29) is 42.3 Å². The molecule has 0 aliphatic carbocycles. The molecule has 0 radical (unpaired) electrons. The van der Waals surface area contributed by atoms with Gasteiger partial charge in [-0.05, 0) is 51.0 Å². The maximum Gasteiger partial charge on any atom is 0.251 e. The summed E-state index contributed by atoms with van der Waals surface area (Å²) in [4.78, 5) is 12.4. The van der Waals surface area contributed by atoms with Crippen molar-refractivity contribution in [1.29, 1.82) is 0 Å². The van der Waals surface area contributed by atoms with Crippen molar-refractivity contribution in [3.05, 3.63) is 65.2 Å². The van der Waals surface area contributed by atoms with Crippen LogP contribution in [0.25, 0.3) is 0 Å². The molecule has 1 unspecified atom stereocenters. The molecule has 26 heavy (non-hydrogen) atoms. The molecule has 2 aromatic carbocycles. The van der Waals surface area contributed by atoms with E-state index in [1.807, 2.05) is 31.2 Å². The SMILES string of the molecule is Cc1ccc(N)cc1C(=O)NCC(C)(C)NC(C)c1ccccc1.Cl.Cl. The molecule has 0 aromatic heterocycles. The standard InChI is InChI=1S/C20H27N3O.2ClH/c1-14-10-11-17(21)12-18(14)19(24)22-13-20(3,4)23-15(2)16-8-6-5-7-9-16;;/h5-12,15,23H,13,21H2,1-4H3,(H,22,24);2*1H. The second-order valence-corrected chi connectivity index (χ2v) is 6.92. The van der Waals surface area contributed by atoms with E-state index in [4.69, 9.17) is 5.73 Å². The summed E-state index contributed by atoms with van der Waals surface area (Å²) in [5, 5.41) is 6.57. The van der Waals surface area contributed by atoms with Gasteiger partial charge in [-0.3, -0.25) is 4.79 Å². The van der Waals surface area contributed by atoms with Crippen LogP contribution in [0.1, 0.15) is 48.3 Å². The lowest BCUT2D eigenvalue weighted by Crippen LogP contribution is -2.49. The highest BCUT2D eigenvalue weighted by atomic mass is 35.5. The lowest BCUT2D eigenvalue weighted by molar-refractivity contribution is 0.0940. The van der Waals surface area contributed by atoms with Crippen LogP contribution in [0.4, 0.5) is 5.69 Å². The molecule has 2 rings (SSSR count). The van der Waals surface area contributed by atoms with Gasteiger partial charge in [0.25, 0.3) is 5.91 Å². The van der Waals surface area contributed by atoms with Crippen LogP contribution in [-0.2, 0) is 0 Å². The summed E-state index contributed by atoms with van der Waals surface area (Å²) in [7, 11) is 0. The van der Waals surface area contributed by atoms with Gasteiger partial charge in [0.1, 0.15) is 0 Å². The van der Waals surface area contributed by atoms with E-state index in [0.29, 0.717) is 17.8 Å². The predicted molar refractivity (Wildman–Crippen MR) is 114 cm³/mol. The zero-order valence-electron chi connectivity index (χ0n) is 15.7. The van der Waals surface area contributed by atoms with Gasteiger partial charge in [0.15, 0.2) is 0 Å². The molecule has 2 aromatic rings. The summed E-state index contributed by atoms with van der Waals surface area (Å²) < 4.78 is 0. The Balaban J connectivity index is 0.00000312. The normalized spacial score (nSPS) is 11.7. The van der Waals surface area contributed by atoms with Gasteiger partial charge in [0, 0.05) is 29.4 Å². The number of benzene rings is 2. The summed E-state index contributed by atoms with van der Waals surface area (Å²) in [6.07, 6.45) is 0. The number of nitrogens with one attached hydrogen (secondary N) is 2. The van der Waals surface area contributed by atoms with Crippen molar-refractivity contribution in [3.8, 4) is 0 Å². The van der Waals surface area contributed by atoms with Crippen LogP contribution in [0, 0.1) is 6.92 Å². The minimum Gasteiger partial charge on any atom is -0.399 e. The van der Waals surface area contributed by atoms with Gasteiger partial charge < -0.3 is 16.4 Å². The number of carbonyl (C=O) groups is 1. The molecule has 1 atom stereocenters. The quantitative estimate of drug-likeness (QED) is 0.637. The van der Waals surface area contributed by atoms with E-state index in [0.717, 1.165) is 5.56 Å². The molecule has 0 aliphatic rings. The fourth-order valence-electron chi connectivity index (χ4n) is 2.74. The molecule has 1 amide bonds. The molecule has 0 aliphatic heterocycles. The topological polar surface area (TPSA) is 67.2 Å². The fraction of sp³-hybridized carbons (Fsp3) is 0.350. The number of amides is 1. The Bertz CT molecular complexity index is 705. The van der Waals surface area contributed by atoms with Gasteiger partial charge in [-0.2, -0.15) is 0 Å². The first kappa shape index (κ1) is 24.2. The average Bonchev–Trinajstić information content (AvgIpc) is 2.55. The number of halogens is 2. The Morgan fingerprint density at radius 1 is 1.12 bits per heavy atom. The Labute approximate surface area is 168 Å². The molecular formula is C20H29Cl2N3O. The number of anilines is 1. The van der Waals surface area contributed by atoms with Crippen molar-refractivity contribution in [2.75, 3.05) is 12.3 Å². The molecule has 0 bridgehead atoms. The minimum absolute atomic E-state index is 0. The minimum atomic E-state index is -0.237. The first-order chi connectivity index (χ1) is 11.3. The maximum atomic E-state index is 12.4. The Hall–Kier alpha value is -1.75. The Kier molecular flexibility index (Phi) is 9.71. The van der Waals surface area contributed by atoms with Gasteiger partial charge in [0.05, 0.1) is 0 Å². The van der Waals surface area contributed by atoms with Gasteiger partial charge >= 0.3 is 0 Å². The first-order valence-corrected chi connectivity index (χ1v) is 8.25. The van der Waals surface area contributed by atoms with Crippen LogP contribution in [0.5, 0.6) is 0 Å². The van der Waals surface area contributed by atoms with Crippen LogP contribution in [0.2, 0.25) is 0 Å². The molecule has 0 heterocycles. The summed E-state index contributed by atoms with van der Waals surface area (Å²) in [6.45, 7) is 8.73. The van der Waals surface area contributed by atoms with E-state index in [2.05, 4.69) is 43.5 Å². The highest BCUT2D eigenvalue weighted by molar-refractivity contribution is 5.96. The number of hydrogen-bond acceptors (Lipinski definition) is 3. The van der Waals surface area contributed by atoms with Crippen molar-refractivity contribution < 1.29 is 4.79 Å². The van der Waals surface area contributed by atoms with E-state index >= 15 is 0 Å². The van der Waals surface area contributed by atoms with Crippen molar-refractivity contribution in [1.82, 2.24) is 10.6 Å². The number of rotatable bonds is 6. The zero-order chi connectivity index (χ0) is 17.7. The van der Waals surface area contributed by atoms with Crippen molar-refractivity contribution in [2.24, 2.45) is 0 Å². The molecule has 0 fully saturated rings. The van der Waals surface area contributed by atoms with Gasteiger partial charge in [0.2, 0.25) is 0 Å². The number of nitrogen functional groups attached to an aromatic ring is 1. The first-order valence-electron chi connectivity index (χ1n) is 8.25. The van der Waals surface area contributed by atoms with E-state index < -0.39 is 0 Å². The Morgan fingerprint density at radius 2 is 1.73 bits per heavy atom. The van der Waals surface area contributed by atoms with Crippen LogP contribution in [-0.4, -0.2) is 18.0 Å². The second-order valence-electron chi connectivity index (χ2n) is 6.92. The van der Waals surface area contributed by atoms with Crippen molar-refractivity contribution >= 4 is 36.4 Å². The lowest BCUT2D eigenvalue weighted by Gasteiger charge is -2.31. The van der Waals surface area contributed by atoms with Gasteiger partial charge in [-0.25, -0.2) is 0 Å². The molecule has 6 heteroatoms. The molecule has 4 nitrogen and oxygen atoms in total. The number of carbonyl (C=O) groups excluding carboxylic acids is 1. The molecule has 144 valence electrons. The molecular weight excluding hydrogens is 369 g/mol. The highest BCUT2D eigenvalue weighted by Gasteiger charge is 2.22. The number of nitrogens with two attached hydrogens (primary N) is 1. The summed E-state index contributed by atoms with van der Waals surface area (Å²) in [5.41, 5.74) is 8.92. The summed E-state index contributed by atoms with van der Waals surface area (Å²) >= 11 is 0. The van der Waals surface area contributed by atoms with Crippen LogP contribution in [0.15, 0.2) is 48.5 Å². The lowest BCUT2D eigenvalue weighted by atomic mass is 10.0. The summed E-state index contributed by atoms with van der Waals surface area (Å²) in [5.74, 6) is -0.0953. The molecule has 4 N–H and O–H groups in total. The fourth-order valence-corrected chi connectivity index (χ4v) is 2.74. The Morgan fingerprint density at radius 3 is 2.35 bits per heavy atom. The van der Waals surface area contributed by atoms with Crippen LogP contribution in [0.3, 0.4) is 0 Å². The monoisotopic (exact) mass is 397 g/mol. The van der Waals surface area contributed by atoms with Crippen LogP contribution < -0.4 is 16.4 Å². The predicted octanol–water partition coefficient (Wildman–Crippen LogP) is 4.28. The van der Waals surface area contributed by atoms with Crippen molar-refractivity contribution in [3.63, 3.8) is 0 Å². The highest BCUT2D eigenvalue weighted by Crippen LogP contribution is 2.16. The van der Waals surface area contributed by atoms with E-state index in [1.165, 1.54) is 5.56 Å². The second kappa shape index (κ2) is 10.4. The van der Waals surface area contributed by atoms with E-state index in [1.54, 1.807) is 12.1 Å². The van der Waals surface area contributed by atoms with E-state index in [9.17, 15) is 4.79 Å². The molecule has 0 saturated heterocycles. The zero-order valence-corrected chi connectivity index (χ0v) is 17.3. The molecule has 0 spiro atoms. The largest absolute Gasteiger partial charge is 0.399 e. The summed E-state index contributed by atoms with van der Waals surface area (Å²) in [6, 6.07) is 15.9. The van der Waals surface area contributed by atoms with Gasteiger partial charge in [-0.15, -0.1) is 24.8 Å². The third-order valence-corrected chi connectivity index (χ3v) is 4.10. The maximum absolute atomic E-state index is 12.4. The number of hydrogen-bond donors (Lipinski definition) is 3. The van der Waals surface area contributed by atoms with Crippen LogP contribution >= 0.6 is 24.8 Å². The van der Waals surface area contributed by atoms with Gasteiger partial charge in [-0.1, -0.05) is 36.4 Å². The average molecular weight is 398 g/mol. The third-order valence-electron chi connectivity index (χ3n) is 4.10. The van der Waals surface area contributed by atoms with Crippen molar-refractivity contribution in [2.45, 2.75) is 39.3 Å². The molecule has 0 saturated carbocycles. The number of aryl methyl sites for hydroxylation is 1. The third kappa shape index (κ3) is 6.87.